The summed E-state index contributed by atoms with van der Waals surface area (Å²) in [6, 6.07) is 9.68. The first-order chi connectivity index (χ1) is 17.6. The summed E-state index contributed by atoms with van der Waals surface area (Å²) < 4.78 is 31.6. The highest BCUT2D eigenvalue weighted by molar-refractivity contribution is 5.96. The van der Waals surface area contributed by atoms with Gasteiger partial charge in [0.05, 0.1) is 40.8 Å². The number of fused-ring (bicyclic) bond motifs is 1. The lowest BCUT2D eigenvalue weighted by Gasteiger charge is -2.23. The lowest BCUT2D eigenvalue weighted by molar-refractivity contribution is 0.0547. The van der Waals surface area contributed by atoms with E-state index in [1.54, 1.807) is 55.2 Å². The maximum atomic E-state index is 12.4. The van der Waals surface area contributed by atoms with Gasteiger partial charge < -0.3 is 20.3 Å². The summed E-state index contributed by atoms with van der Waals surface area (Å²) in [4.78, 5) is 21.1. The van der Waals surface area contributed by atoms with Crippen LogP contribution in [0.3, 0.4) is 0 Å². The Balaban J connectivity index is 1.45. The maximum absolute atomic E-state index is 12.4. The molecule has 3 heterocycles. The molecule has 1 aromatic carbocycles. The van der Waals surface area contributed by atoms with Crippen molar-refractivity contribution in [3.8, 4) is 11.5 Å². The quantitative estimate of drug-likeness (QED) is 0.299. The molecule has 0 saturated heterocycles. The molecule has 0 bridgehead atoms. The van der Waals surface area contributed by atoms with Crippen LogP contribution in [0.2, 0.25) is 0 Å². The number of aryl methyl sites for hydroxylation is 1. The zero-order valence-corrected chi connectivity index (χ0v) is 20.4. The lowest BCUT2D eigenvalue weighted by atomic mass is 9.98. The SMILES string of the molecule is Cc1cc(Cn2cc3c(CC(C)(O)CNC(=O)c4ccccc4O)nccc3n2)ncc1OCC(F)F. The van der Waals surface area contributed by atoms with Crippen LogP contribution in [-0.4, -0.2) is 61.0 Å². The summed E-state index contributed by atoms with van der Waals surface area (Å²) in [5.41, 5.74) is 1.43. The van der Waals surface area contributed by atoms with Crippen molar-refractivity contribution < 1.29 is 28.5 Å². The summed E-state index contributed by atoms with van der Waals surface area (Å²) in [5.74, 6) is -0.331. The third kappa shape index (κ3) is 6.56. The number of hydrogen-bond acceptors (Lipinski definition) is 7. The van der Waals surface area contributed by atoms with Crippen molar-refractivity contribution in [3.05, 3.63) is 77.5 Å². The molecule has 0 radical (unpaired) electrons. The number of phenolic OH excluding ortho intramolecular Hbond substituents is 1. The van der Waals surface area contributed by atoms with Crippen LogP contribution < -0.4 is 10.1 Å². The van der Waals surface area contributed by atoms with Crippen LogP contribution in [-0.2, 0) is 13.0 Å². The van der Waals surface area contributed by atoms with E-state index < -0.39 is 24.5 Å². The second-order valence-corrected chi connectivity index (χ2v) is 9.03. The number of phenols is 1. The molecule has 37 heavy (non-hydrogen) atoms. The van der Waals surface area contributed by atoms with Crippen molar-refractivity contribution in [2.24, 2.45) is 0 Å². The van der Waals surface area contributed by atoms with E-state index in [0.29, 0.717) is 34.8 Å². The van der Waals surface area contributed by atoms with Gasteiger partial charge in [-0.15, -0.1) is 0 Å². The summed E-state index contributed by atoms with van der Waals surface area (Å²) >= 11 is 0. The third-order valence-corrected chi connectivity index (χ3v) is 5.70. The Morgan fingerprint density at radius 1 is 1.24 bits per heavy atom. The van der Waals surface area contributed by atoms with Crippen LogP contribution in [0.15, 0.2) is 55.0 Å². The minimum Gasteiger partial charge on any atom is -0.507 e. The van der Waals surface area contributed by atoms with Gasteiger partial charge in [0.15, 0.2) is 0 Å². The summed E-state index contributed by atoms with van der Waals surface area (Å²) in [6.45, 7) is 2.93. The minimum absolute atomic E-state index is 0.0600. The molecular formula is C26H27F2N5O4. The summed E-state index contributed by atoms with van der Waals surface area (Å²) in [6.07, 6.45) is 2.40. The van der Waals surface area contributed by atoms with Crippen molar-refractivity contribution in [2.75, 3.05) is 13.2 Å². The van der Waals surface area contributed by atoms with E-state index in [2.05, 4.69) is 20.4 Å². The van der Waals surface area contributed by atoms with Crippen molar-refractivity contribution in [2.45, 2.75) is 38.8 Å². The Morgan fingerprint density at radius 3 is 2.76 bits per heavy atom. The number of pyridine rings is 2. The smallest absolute Gasteiger partial charge is 0.272 e. The van der Waals surface area contributed by atoms with Gasteiger partial charge in [-0.3, -0.25) is 19.4 Å². The molecule has 9 nitrogen and oxygen atoms in total. The van der Waals surface area contributed by atoms with Crippen molar-refractivity contribution >= 4 is 16.8 Å². The number of amides is 1. The van der Waals surface area contributed by atoms with Gasteiger partial charge in [-0.25, -0.2) is 8.78 Å². The molecule has 0 aliphatic carbocycles. The molecule has 0 fully saturated rings. The molecule has 3 aromatic heterocycles. The number of alkyl halides is 2. The molecule has 1 amide bonds. The first-order valence-corrected chi connectivity index (χ1v) is 11.6. The molecule has 0 aliphatic heterocycles. The number of carbonyl (C=O) groups excluding carboxylic acids is 1. The van der Waals surface area contributed by atoms with E-state index in [1.807, 2.05) is 0 Å². The number of nitrogens with zero attached hydrogens (tertiary/aromatic N) is 4. The molecule has 1 unspecified atom stereocenters. The van der Waals surface area contributed by atoms with Gasteiger partial charge in [0.25, 0.3) is 12.3 Å². The van der Waals surface area contributed by atoms with Gasteiger partial charge in [0.1, 0.15) is 18.1 Å². The third-order valence-electron chi connectivity index (χ3n) is 5.70. The topological polar surface area (TPSA) is 122 Å². The Bertz CT molecular complexity index is 1410. The van der Waals surface area contributed by atoms with Gasteiger partial charge in [-0.2, -0.15) is 5.10 Å². The Kier molecular flexibility index (Phi) is 7.63. The van der Waals surface area contributed by atoms with E-state index in [0.717, 1.165) is 5.39 Å². The predicted molar refractivity (Wildman–Crippen MR) is 132 cm³/mol. The number of hydrogen-bond donors (Lipinski definition) is 3. The monoisotopic (exact) mass is 511 g/mol. The van der Waals surface area contributed by atoms with E-state index in [4.69, 9.17) is 4.74 Å². The van der Waals surface area contributed by atoms with E-state index in [-0.39, 0.29) is 24.3 Å². The summed E-state index contributed by atoms with van der Waals surface area (Å²) in [5, 5.41) is 28.8. The molecule has 1 atom stereocenters. The molecular weight excluding hydrogens is 484 g/mol. The number of benzene rings is 1. The fraction of sp³-hybridized carbons (Fsp3) is 0.308. The molecule has 4 rings (SSSR count). The fourth-order valence-corrected chi connectivity index (χ4v) is 3.88. The molecule has 0 spiro atoms. The average Bonchev–Trinajstić information content (AvgIpc) is 3.25. The van der Waals surface area contributed by atoms with Crippen LogP contribution in [0.25, 0.3) is 10.9 Å². The molecule has 0 saturated carbocycles. The van der Waals surface area contributed by atoms with Crippen LogP contribution in [0.5, 0.6) is 11.5 Å². The van der Waals surface area contributed by atoms with E-state index >= 15 is 0 Å². The molecule has 11 heteroatoms. The number of nitrogens with one attached hydrogen (secondary N) is 1. The van der Waals surface area contributed by atoms with Crippen molar-refractivity contribution in [1.29, 1.82) is 0 Å². The Morgan fingerprint density at radius 2 is 2.03 bits per heavy atom. The lowest BCUT2D eigenvalue weighted by Crippen LogP contribution is -2.42. The van der Waals surface area contributed by atoms with Gasteiger partial charge >= 0.3 is 0 Å². The molecule has 4 aromatic rings. The van der Waals surface area contributed by atoms with Crippen LogP contribution in [0.4, 0.5) is 8.78 Å². The standard InChI is InChI=1S/C26H27F2N5O4/c1-16-9-17(30-11-23(16)37-14-24(27)28)12-33-13-19-20(32-33)7-8-29-21(19)10-26(2,36)15-31-25(35)18-5-3-4-6-22(18)34/h3-9,11,13,24,34,36H,10,12,14-15H2,1-2H3,(H,31,35). The average molecular weight is 512 g/mol. The number of rotatable bonds is 10. The van der Waals surface area contributed by atoms with Gasteiger partial charge in [-0.1, -0.05) is 12.1 Å². The maximum Gasteiger partial charge on any atom is 0.272 e. The van der Waals surface area contributed by atoms with E-state index in [9.17, 15) is 23.8 Å². The highest BCUT2D eigenvalue weighted by atomic mass is 19.3. The van der Waals surface area contributed by atoms with Crippen LogP contribution >= 0.6 is 0 Å². The molecule has 194 valence electrons. The fourth-order valence-electron chi connectivity index (χ4n) is 3.88. The minimum atomic E-state index is -2.56. The zero-order valence-electron chi connectivity index (χ0n) is 20.4. The van der Waals surface area contributed by atoms with E-state index in [1.165, 1.54) is 18.3 Å². The summed E-state index contributed by atoms with van der Waals surface area (Å²) in [7, 11) is 0. The predicted octanol–water partition coefficient (Wildman–Crippen LogP) is 3.26. The molecule has 3 N–H and O–H groups in total. The first-order valence-electron chi connectivity index (χ1n) is 11.6. The van der Waals surface area contributed by atoms with Gasteiger partial charge in [0.2, 0.25) is 0 Å². The molecule has 0 aliphatic rings. The largest absolute Gasteiger partial charge is 0.507 e. The second kappa shape index (κ2) is 10.9. The number of aliphatic hydroxyl groups is 1. The van der Waals surface area contributed by atoms with Crippen molar-refractivity contribution in [1.82, 2.24) is 25.1 Å². The van der Waals surface area contributed by atoms with Gasteiger partial charge in [-0.05, 0) is 43.7 Å². The number of ether oxygens (including phenoxy) is 1. The number of aromatic hydroxyl groups is 1. The Hall–Kier alpha value is -4.12. The Labute approximate surface area is 211 Å². The number of halogens is 2. The second-order valence-electron chi connectivity index (χ2n) is 9.03. The van der Waals surface area contributed by atoms with Crippen molar-refractivity contribution in [3.63, 3.8) is 0 Å². The highest BCUT2D eigenvalue weighted by Gasteiger charge is 2.25. The van der Waals surface area contributed by atoms with Crippen LogP contribution in [0, 0.1) is 6.92 Å². The number of carbonyl (C=O) groups is 1. The number of para-hydroxylation sites is 1. The first kappa shape index (κ1) is 26.0. The van der Waals surface area contributed by atoms with Crippen LogP contribution in [0.1, 0.15) is 34.2 Å². The zero-order chi connectivity index (χ0) is 26.6. The number of aromatic nitrogens is 4. The van der Waals surface area contributed by atoms with Gasteiger partial charge in [0, 0.05) is 30.7 Å². The highest BCUT2D eigenvalue weighted by Crippen LogP contribution is 2.22. The normalized spacial score (nSPS) is 13.0.